The molecule has 0 unspecified atom stereocenters. The predicted octanol–water partition coefficient (Wildman–Crippen LogP) is 2.18. The summed E-state index contributed by atoms with van der Waals surface area (Å²) in [5, 5.41) is 19.6. The highest BCUT2D eigenvalue weighted by Crippen LogP contribution is 2.18. The molecule has 1 aromatic carbocycles. The molecule has 0 spiro atoms. The van der Waals surface area contributed by atoms with E-state index in [1.165, 1.54) is 0 Å². The minimum Gasteiger partial charge on any atom is -0.481 e. The van der Waals surface area contributed by atoms with Gasteiger partial charge in [0.25, 0.3) is 5.91 Å². The van der Waals surface area contributed by atoms with Crippen molar-refractivity contribution in [3.63, 3.8) is 0 Å². The van der Waals surface area contributed by atoms with Crippen LogP contribution < -0.4 is 5.32 Å². The fraction of sp³-hybridized carbons (Fsp3) is 0.333. The van der Waals surface area contributed by atoms with Gasteiger partial charge >= 0.3 is 5.97 Å². The van der Waals surface area contributed by atoms with E-state index < -0.39 is 17.3 Å². The summed E-state index contributed by atoms with van der Waals surface area (Å²) in [6, 6.07) is 7.45. The van der Waals surface area contributed by atoms with E-state index in [0.29, 0.717) is 5.69 Å². The van der Waals surface area contributed by atoms with Gasteiger partial charge in [0.1, 0.15) is 0 Å². The molecule has 0 radical (unpaired) electrons. The normalized spacial score (nSPS) is 11.3. The molecule has 8 heteroatoms. The molecule has 2 N–H and O–H groups in total. The zero-order valence-electron chi connectivity index (χ0n) is 13.0. The molecular formula is C15H17BrN4O3. The van der Waals surface area contributed by atoms with Gasteiger partial charge in [-0.15, -0.1) is 5.10 Å². The zero-order chi connectivity index (χ0) is 17.2. The van der Waals surface area contributed by atoms with E-state index in [0.717, 1.165) is 10.2 Å². The number of amides is 1. The molecule has 0 saturated heterocycles. The lowest BCUT2D eigenvalue weighted by molar-refractivity contribution is -0.146. The van der Waals surface area contributed by atoms with Crippen LogP contribution in [0.5, 0.6) is 0 Å². The first-order valence-electron chi connectivity index (χ1n) is 6.92. The lowest BCUT2D eigenvalue weighted by Gasteiger charge is -2.19. The maximum atomic E-state index is 12.2. The first kappa shape index (κ1) is 17.1. The van der Waals surface area contributed by atoms with Crippen LogP contribution in [0.25, 0.3) is 5.69 Å². The quantitative estimate of drug-likeness (QED) is 0.828. The van der Waals surface area contributed by atoms with Gasteiger partial charge in [-0.05, 0) is 39.0 Å². The van der Waals surface area contributed by atoms with Gasteiger partial charge in [-0.25, -0.2) is 4.68 Å². The van der Waals surface area contributed by atoms with Crippen molar-refractivity contribution in [3.8, 4) is 5.69 Å². The number of carboxylic acid groups (broad SMARTS) is 1. The molecule has 1 aromatic heterocycles. The Morgan fingerprint density at radius 3 is 2.70 bits per heavy atom. The Hall–Kier alpha value is -2.22. The minimum atomic E-state index is -1.05. The Balaban J connectivity index is 2.19. The molecule has 2 rings (SSSR count). The van der Waals surface area contributed by atoms with E-state index in [1.54, 1.807) is 25.5 Å². The van der Waals surface area contributed by atoms with Gasteiger partial charge in [0.05, 0.1) is 16.8 Å². The molecular weight excluding hydrogens is 364 g/mol. The Morgan fingerprint density at radius 1 is 1.39 bits per heavy atom. The van der Waals surface area contributed by atoms with Gasteiger partial charge in [0, 0.05) is 11.0 Å². The lowest BCUT2D eigenvalue weighted by atomic mass is 9.94. The third-order valence-electron chi connectivity index (χ3n) is 3.43. The highest BCUT2D eigenvalue weighted by atomic mass is 79.9. The van der Waals surface area contributed by atoms with Crippen molar-refractivity contribution >= 4 is 27.8 Å². The van der Waals surface area contributed by atoms with Crippen molar-refractivity contribution in [1.82, 2.24) is 20.3 Å². The van der Waals surface area contributed by atoms with Crippen LogP contribution in [0, 0.1) is 12.3 Å². The highest BCUT2D eigenvalue weighted by Gasteiger charge is 2.28. The minimum absolute atomic E-state index is 0.00432. The fourth-order valence-corrected chi connectivity index (χ4v) is 2.24. The van der Waals surface area contributed by atoms with E-state index in [4.69, 9.17) is 5.11 Å². The Morgan fingerprint density at radius 2 is 2.09 bits per heavy atom. The van der Waals surface area contributed by atoms with Gasteiger partial charge < -0.3 is 10.4 Å². The molecule has 1 amide bonds. The molecule has 0 bridgehead atoms. The summed E-state index contributed by atoms with van der Waals surface area (Å²) in [5.74, 6) is -1.43. The summed E-state index contributed by atoms with van der Waals surface area (Å²) in [4.78, 5) is 23.3. The summed E-state index contributed by atoms with van der Waals surface area (Å²) >= 11 is 3.38. The van der Waals surface area contributed by atoms with Crippen LogP contribution >= 0.6 is 15.9 Å². The molecule has 122 valence electrons. The highest BCUT2D eigenvalue weighted by molar-refractivity contribution is 9.10. The van der Waals surface area contributed by atoms with Crippen molar-refractivity contribution in [2.75, 3.05) is 6.54 Å². The summed E-state index contributed by atoms with van der Waals surface area (Å²) in [7, 11) is 0. The standard InChI is InChI=1S/C15H17BrN4O3/c1-9-12(13(21)17-8-15(2,3)14(22)23)18-19-20(9)11-6-4-5-10(16)7-11/h4-7H,8H2,1-3H3,(H,17,21)(H,22,23). The molecule has 1 heterocycles. The average molecular weight is 381 g/mol. The maximum absolute atomic E-state index is 12.2. The summed E-state index contributed by atoms with van der Waals surface area (Å²) in [5.41, 5.74) is 0.471. The topological polar surface area (TPSA) is 97.1 Å². The number of halogens is 1. The second-order valence-corrected chi connectivity index (χ2v) is 6.70. The smallest absolute Gasteiger partial charge is 0.310 e. The fourth-order valence-electron chi connectivity index (χ4n) is 1.85. The summed E-state index contributed by atoms with van der Waals surface area (Å²) in [6.07, 6.45) is 0. The molecule has 0 aliphatic carbocycles. The van der Waals surface area contributed by atoms with Gasteiger partial charge in [0.2, 0.25) is 0 Å². The van der Waals surface area contributed by atoms with Crippen LogP contribution in [0.1, 0.15) is 30.0 Å². The van der Waals surface area contributed by atoms with Gasteiger partial charge in [-0.2, -0.15) is 0 Å². The molecule has 0 atom stereocenters. The monoisotopic (exact) mass is 380 g/mol. The van der Waals surface area contributed by atoms with Crippen molar-refractivity contribution < 1.29 is 14.7 Å². The second kappa shape index (κ2) is 6.49. The Kier molecular flexibility index (Phi) is 4.84. The zero-order valence-corrected chi connectivity index (χ0v) is 14.6. The number of benzene rings is 1. The molecule has 23 heavy (non-hydrogen) atoms. The first-order chi connectivity index (χ1) is 10.7. The largest absolute Gasteiger partial charge is 0.481 e. The summed E-state index contributed by atoms with van der Waals surface area (Å²) < 4.78 is 2.45. The van der Waals surface area contributed by atoms with Crippen molar-refractivity contribution in [2.45, 2.75) is 20.8 Å². The van der Waals surface area contributed by atoms with E-state index in [2.05, 4.69) is 31.6 Å². The number of aromatic nitrogens is 3. The second-order valence-electron chi connectivity index (χ2n) is 5.79. The number of carboxylic acids is 1. The van der Waals surface area contributed by atoms with Crippen molar-refractivity contribution in [2.24, 2.45) is 5.41 Å². The SMILES string of the molecule is Cc1c(C(=O)NCC(C)(C)C(=O)O)nnn1-c1cccc(Br)c1. The number of rotatable bonds is 5. The summed E-state index contributed by atoms with van der Waals surface area (Å²) in [6.45, 7) is 4.82. The number of nitrogens with one attached hydrogen (secondary N) is 1. The van der Waals surface area contributed by atoms with E-state index >= 15 is 0 Å². The van der Waals surface area contributed by atoms with Crippen molar-refractivity contribution in [1.29, 1.82) is 0 Å². The third-order valence-corrected chi connectivity index (χ3v) is 3.93. The molecule has 0 saturated carbocycles. The molecule has 0 aliphatic heterocycles. The number of aliphatic carboxylic acids is 1. The Labute approximate surface area is 141 Å². The van der Waals surface area contributed by atoms with Gasteiger partial charge in [0.15, 0.2) is 5.69 Å². The van der Waals surface area contributed by atoms with Gasteiger partial charge in [-0.1, -0.05) is 27.2 Å². The lowest BCUT2D eigenvalue weighted by Crippen LogP contribution is -2.39. The molecule has 7 nitrogen and oxygen atoms in total. The number of nitrogens with zero attached hydrogens (tertiary/aromatic N) is 3. The van der Waals surface area contributed by atoms with Crippen LogP contribution in [-0.2, 0) is 4.79 Å². The van der Waals surface area contributed by atoms with Crippen LogP contribution in [0.3, 0.4) is 0 Å². The van der Waals surface area contributed by atoms with Gasteiger partial charge in [-0.3, -0.25) is 9.59 Å². The first-order valence-corrected chi connectivity index (χ1v) is 7.71. The van der Waals surface area contributed by atoms with E-state index in [1.807, 2.05) is 24.3 Å². The molecule has 0 fully saturated rings. The number of carbonyl (C=O) groups is 2. The number of hydrogen-bond acceptors (Lipinski definition) is 4. The number of carbonyl (C=O) groups excluding carboxylic acids is 1. The van der Waals surface area contributed by atoms with Crippen LogP contribution in [0.15, 0.2) is 28.7 Å². The third kappa shape index (κ3) is 3.76. The Bertz CT molecular complexity index is 755. The maximum Gasteiger partial charge on any atom is 0.310 e. The van der Waals surface area contributed by atoms with E-state index in [9.17, 15) is 9.59 Å². The average Bonchev–Trinajstić information content (AvgIpc) is 2.86. The predicted molar refractivity (Wildman–Crippen MR) is 87.5 cm³/mol. The molecule has 0 aliphatic rings. The van der Waals surface area contributed by atoms with Crippen LogP contribution in [-0.4, -0.2) is 38.5 Å². The van der Waals surface area contributed by atoms with Crippen molar-refractivity contribution in [3.05, 3.63) is 40.1 Å². The molecule has 2 aromatic rings. The van der Waals surface area contributed by atoms with Crippen LogP contribution in [0.2, 0.25) is 0 Å². The van der Waals surface area contributed by atoms with E-state index in [-0.39, 0.29) is 12.2 Å². The van der Waals surface area contributed by atoms with Crippen LogP contribution in [0.4, 0.5) is 0 Å². The number of hydrogen-bond donors (Lipinski definition) is 2.